The van der Waals surface area contributed by atoms with E-state index in [1.165, 1.54) is 11.3 Å². The van der Waals surface area contributed by atoms with Gasteiger partial charge in [-0.2, -0.15) is 0 Å². The molecule has 2 rings (SSSR count). The molecule has 1 aliphatic rings. The highest BCUT2D eigenvalue weighted by molar-refractivity contribution is 6.11. The molecule has 5 heteroatoms. The Morgan fingerprint density at radius 1 is 1.23 bits per heavy atom. The van der Waals surface area contributed by atoms with Gasteiger partial charge in [0.15, 0.2) is 5.76 Å². The Balaban J connectivity index is 2.30. The van der Waals surface area contributed by atoms with E-state index >= 15 is 0 Å². The summed E-state index contributed by atoms with van der Waals surface area (Å²) < 4.78 is 5.79. The number of anilines is 1. The molecule has 142 valence electrons. The molecule has 1 aromatic rings. The fraction of sp³-hybridized carbons (Fsp3) is 0.524. The minimum absolute atomic E-state index is 0.125. The molecule has 0 spiro atoms. The van der Waals surface area contributed by atoms with Crippen molar-refractivity contribution in [3.63, 3.8) is 0 Å². The third kappa shape index (κ3) is 4.26. The van der Waals surface area contributed by atoms with Gasteiger partial charge in [-0.15, -0.1) is 0 Å². The van der Waals surface area contributed by atoms with Crippen molar-refractivity contribution in [2.45, 2.75) is 54.0 Å². The van der Waals surface area contributed by atoms with Gasteiger partial charge in [-0.05, 0) is 70.4 Å². The number of benzene rings is 1. The highest BCUT2D eigenvalue weighted by Gasteiger charge is 2.33. The van der Waals surface area contributed by atoms with Crippen LogP contribution in [0.3, 0.4) is 0 Å². The average Bonchev–Trinajstić information content (AvgIpc) is 2.92. The van der Waals surface area contributed by atoms with Crippen LogP contribution in [0.1, 0.15) is 52.2 Å². The number of amides is 1. The van der Waals surface area contributed by atoms with E-state index in [2.05, 4.69) is 49.7 Å². The second-order valence-electron chi connectivity index (χ2n) is 6.55. The molecule has 1 aliphatic heterocycles. The Bertz CT molecular complexity index is 705. The van der Waals surface area contributed by atoms with Crippen LogP contribution in [0.25, 0.3) is 6.08 Å². The van der Waals surface area contributed by atoms with Crippen molar-refractivity contribution in [1.82, 2.24) is 4.90 Å². The van der Waals surface area contributed by atoms with Gasteiger partial charge in [-0.1, -0.05) is 13.0 Å². The smallest absolute Gasteiger partial charge is 0.300 e. The van der Waals surface area contributed by atoms with Crippen LogP contribution < -0.4 is 4.90 Å². The molecule has 1 unspecified atom stereocenters. The van der Waals surface area contributed by atoms with Gasteiger partial charge in [0.2, 0.25) is 0 Å². The molecule has 26 heavy (non-hydrogen) atoms. The second-order valence-corrected chi connectivity index (χ2v) is 6.55. The van der Waals surface area contributed by atoms with Crippen molar-refractivity contribution in [1.29, 1.82) is 0 Å². The predicted molar refractivity (Wildman–Crippen MR) is 108 cm³/mol. The SMILES string of the molecule is CCC(C)N=C1O/C(=C/c2ccc(N(CC)CC)c(C)c2)C(=O)N1CC. The van der Waals surface area contributed by atoms with Gasteiger partial charge in [-0.25, -0.2) is 4.99 Å². The van der Waals surface area contributed by atoms with Crippen molar-refractivity contribution in [3.05, 3.63) is 35.1 Å². The largest absolute Gasteiger partial charge is 0.420 e. The Labute approximate surface area is 157 Å². The number of aryl methyl sites for hydroxylation is 1. The highest BCUT2D eigenvalue weighted by atomic mass is 16.5. The molecule has 1 amide bonds. The molecule has 0 aromatic heterocycles. The lowest BCUT2D eigenvalue weighted by atomic mass is 10.1. The normalized spacial score (nSPS) is 18.5. The fourth-order valence-corrected chi connectivity index (χ4v) is 3.00. The summed E-state index contributed by atoms with van der Waals surface area (Å²) in [6, 6.07) is 6.78. The van der Waals surface area contributed by atoms with Crippen molar-refractivity contribution < 1.29 is 9.53 Å². The molecule has 1 aromatic carbocycles. The molecular formula is C21H31N3O2. The third-order valence-corrected chi connectivity index (χ3v) is 4.75. The van der Waals surface area contributed by atoms with Crippen LogP contribution in [0, 0.1) is 6.92 Å². The zero-order valence-electron chi connectivity index (χ0n) is 16.9. The van der Waals surface area contributed by atoms with E-state index in [1.807, 2.05) is 26.0 Å². The van der Waals surface area contributed by atoms with Crippen LogP contribution in [0.4, 0.5) is 5.69 Å². The van der Waals surface area contributed by atoms with Crippen molar-refractivity contribution in [3.8, 4) is 0 Å². The van der Waals surface area contributed by atoms with Crippen LogP contribution in [-0.2, 0) is 9.53 Å². The summed E-state index contributed by atoms with van der Waals surface area (Å²) in [5, 5.41) is 0. The molecular weight excluding hydrogens is 326 g/mol. The van der Waals surface area contributed by atoms with Crippen LogP contribution in [0.15, 0.2) is 29.0 Å². The molecule has 0 N–H and O–H groups in total. The van der Waals surface area contributed by atoms with E-state index in [9.17, 15) is 4.79 Å². The molecule has 5 nitrogen and oxygen atoms in total. The number of aliphatic imine (C=N–C) groups is 1. The maximum atomic E-state index is 12.6. The molecule has 1 saturated heterocycles. The molecule has 0 aliphatic carbocycles. The first-order chi connectivity index (χ1) is 12.4. The van der Waals surface area contributed by atoms with Crippen molar-refractivity contribution in [2.75, 3.05) is 24.5 Å². The van der Waals surface area contributed by atoms with Gasteiger partial charge in [-0.3, -0.25) is 9.69 Å². The van der Waals surface area contributed by atoms with Gasteiger partial charge < -0.3 is 9.64 Å². The second kappa shape index (κ2) is 8.88. The first-order valence-corrected chi connectivity index (χ1v) is 9.59. The summed E-state index contributed by atoms with van der Waals surface area (Å²) in [6.07, 6.45) is 2.72. The van der Waals surface area contributed by atoms with E-state index in [-0.39, 0.29) is 11.9 Å². The van der Waals surface area contributed by atoms with E-state index in [1.54, 1.807) is 4.90 Å². The maximum absolute atomic E-state index is 12.6. The third-order valence-electron chi connectivity index (χ3n) is 4.75. The monoisotopic (exact) mass is 357 g/mol. The van der Waals surface area contributed by atoms with Gasteiger partial charge in [0.25, 0.3) is 5.91 Å². The Morgan fingerprint density at radius 3 is 2.46 bits per heavy atom. The Kier molecular flexibility index (Phi) is 6.83. The quantitative estimate of drug-likeness (QED) is 0.687. The molecule has 0 bridgehead atoms. The maximum Gasteiger partial charge on any atom is 0.300 e. The number of ether oxygens (including phenoxy) is 1. The summed E-state index contributed by atoms with van der Waals surface area (Å²) in [4.78, 5) is 21.0. The number of carbonyl (C=O) groups is 1. The summed E-state index contributed by atoms with van der Waals surface area (Å²) in [6.45, 7) is 14.9. The Hall–Kier alpha value is -2.30. The molecule has 1 atom stereocenters. The standard InChI is InChI=1S/C21H31N3O2/c1-7-16(6)22-21-24(10-4)20(25)19(26-21)14-17-11-12-18(15(5)13-17)23(8-2)9-3/h11-14,16H,7-10H2,1-6H3/b19-14+,22-21?. The lowest BCUT2D eigenvalue weighted by molar-refractivity contribution is -0.122. The molecule has 0 saturated carbocycles. The molecule has 1 fully saturated rings. The van der Waals surface area contributed by atoms with Gasteiger partial charge in [0, 0.05) is 25.3 Å². The van der Waals surface area contributed by atoms with Crippen LogP contribution >= 0.6 is 0 Å². The number of amidine groups is 1. The zero-order chi connectivity index (χ0) is 19.3. The highest BCUT2D eigenvalue weighted by Crippen LogP contribution is 2.25. The number of carbonyl (C=O) groups excluding carboxylic acids is 1. The summed E-state index contributed by atoms with van der Waals surface area (Å²) >= 11 is 0. The number of likely N-dealkylation sites (N-methyl/N-ethyl adjacent to an activating group) is 1. The summed E-state index contributed by atoms with van der Waals surface area (Å²) in [5.74, 6) is 0.212. The first-order valence-electron chi connectivity index (χ1n) is 9.59. The van der Waals surface area contributed by atoms with Gasteiger partial charge in [0.05, 0.1) is 6.04 Å². The molecule has 0 radical (unpaired) electrons. The number of nitrogens with zero attached hydrogens (tertiary/aromatic N) is 3. The molecule has 1 heterocycles. The minimum atomic E-state index is -0.125. The van der Waals surface area contributed by atoms with E-state index < -0.39 is 0 Å². The average molecular weight is 357 g/mol. The lowest BCUT2D eigenvalue weighted by Crippen LogP contribution is -2.30. The van der Waals surface area contributed by atoms with Gasteiger partial charge >= 0.3 is 6.02 Å². The number of hydrogen-bond donors (Lipinski definition) is 0. The van der Waals surface area contributed by atoms with E-state index in [4.69, 9.17) is 4.74 Å². The minimum Gasteiger partial charge on any atom is -0.420 e. The fourth-order valence-electron chi connectivity index (χ4n) is 3.00. The van der Waals surface area contributed by atoms with E-state index in [0.29, 0.717) is 18.3 Å². The van der Waals surface area contributed by atoms with Crippen LogP contribution in [0.2, 0.25) is 0 Å². The summed E-state index contributed by atoms with van der Waals surface area (Å²) in [7, 11) is 0. The Morgan fingerprint density at radius 2 is 1.92 bits per heavy atom. The van der Waals surface area contributed by atoms with E-state index in [0.717, 1.165) is 25.1 Å². The number of hydrogen-bond acceptors (Lipinski definition) is 4. The van der Waals surface area contributed by atoms with Gasteiger partial charge in [0.1, 0.15) is 0 Å². The summed E-state index contributed by atoms with van der Waals surface area (Å²) in [5.41, 5.74) is 3.38. The van der Waals surface area contributed by atoms with Crippen molar-refractivity contribution >= 4 is 23.7 Å². The topological polar surface area (TPSA) is 45.1 Å². The van der Waals surface area contributed by atoms with Crippen molar-refractivity contribution in [2.24, 2.45) is 4.99 Å². The number of rotatable bonds is 7. The zero-order valence-corrected chi connectivity index (χ0v) is 16.9. The lowest BCUT2D eigenvalue weighted by Gasteiger charge is -2.23. The van der Waals surface area contributed by atoms with Crippen LogP contribution in [-0.4, -0.2) is 42.5 Å². The van der Waals surface area contributed by atoms with Crippen LogP contribution in [0.5, 0.6) is 0 Å². The first kappa shape index (κ1) is 20.0. The predicted octanol–water partition coefficient (Wildman–Crippen LogP) is 4.22.